The van der Waals surface area contributed by atoms with E-state index in [1.54, 1.807) is 25.2 Å². The fourth-order valence-corrected chi connectivity index (χ4v) is 2.52. The number of carbonyl (C=O) groups is 2. The molecular formula is C14H20N4O2. The van der Waals surface area contributed by atoms with Crippen molar-refractivity contribution in [3.8, 4) is 0 Å². The summed E-state index contributed by atoms with van der Waals surface area (Å²) >= 11 is 0. The minimum atomic E-state index is -0.269. The third-order valence-corrected chi connectivity index (χ3v) is 3.52. The minimum absolute atomic E-state index is 0.0102. The quantitative estimate of drug-likeness (QED) is 0.695. The van der Waals surface area contributed by atoms with E-state index in [2.05, 4.69) is 10.6 Å². The van der Waals surface area contributed by atoms with E-state index in [-0.39, 0.29) is 17.9 Å². The highest BCUT2D eigenvalue weighted by Crippen LogP contribution is 2.27. The molecule has 1 aliphatic rings. The number of nitrogen functional groups attached to an aromatic ring is 1. The number of carbonyl (C=O) groups excluding carboxylic acids is 2. The molecule has 6 heteroatoms. The molecule has 108 valence electrons. The van der Waals surface area contributed by atoms with Gasteiger partial charge in [0.05, 0.1) is 11.3 Å². The van der Waals surface area contributed by atoms with E-state index in [9.17, 15) is 9.59 Å². The van der Waals surface area contributed by atoms with Gasteiger partial charge in [0.15, 0.2) is 0 Å². The van der Waals surface area contributed by atoms with Crippen LogP contribution in [0, 0.1) is 0 Å². The molecule has 4 N–H and O–H groups in total. The van der Waals surface area contributed by atoms with Crippen LogP contribution in [0.1, 0.15) is 23.7 Å². The molecule has 0 bridgehead atoms. The molecule has 1 aromatic carbocycles. The zero-order valence-corrected chi connectivity index (χ0v) is 11.8. The predicted octanol–water partition coefficient (Wildman–Crippen LogP) is 0.343. The Hall–Kier alpha value is -2.24. The summed E-state index contributed by atoms with van der Waals surface area (Å²) in [5.41, 5.74) is 7.67. The number of hydrogen-bond acceptors (Lipinski definition) is 4. The number of benzene rings is 1. The van der Waals surface area contributed by atoms with Crippen molar-refractivity contribution in [2.24, 2.45) is 0 Å². The fourth-order valence-electron chi connectivity index (χ4n) is 2.52. The number of anilines is 2. The van der Waals surface area contributed by atoms with E-state index in [1.165, 1.54) is 0 Å². The molecular weight excluding hydrogens is 256 g/mol. The van der Waals surface area contributed by atoms with Gasteiger partial charge in [0.25, 0.3) is 5.91 Å². The lowest BCUT2D eigenvalue weighted by molar-refractivity contribution is -0.123. The van der Waals surface area contributed by atoms with Crippen molar-refractivity contribution >= 4 is 23.2 Å². The summed E-state index contributed by atoms with van der Waals surface area (Å²) in [6.45, 7) is 3.18. The second-order valence-corrected chi connectivity index (χ2v) is 4.76. The maximum Gasteiger partial charge on any atom is 0.253 e. The highest BCUT2D eigenvalue weighted by Gasteiger charge is 2.30. The first-order chi connectivity index (χ1) is 9.58. The molecule has 0 aliphatic carbocycles. The van der Waals surface area contributed by atoms with Gasteiger partial charge in [0.1, 0.15) is 6.04 Å². The number of piperazine rings is 1. The van der Waals surface area contributed by atoms with Gasteiger partial charge in [-0.25, -0.2) is 0 Å². The van der Waals surface area contributed by atoms with E-state index >= 15 is 0 Å². The van der Waals surface area contributed by atoms with Crippen LogP contribution in [0.3, 0.4) is 0 Å². The van der Waals surface area contributed by atoms with Crippen molar-refractivity contribution in [1.29, 1.82) is 0 Å². The number of nitrogens with one attached hydrogen (secondary N) is 2. The van der Waals surface area contributed by atoms with Crippen molar-refractivity contribution in [1.82, 2.24) is 10.6 Å². The van der Waals surface area contributed by atoms with Gasteiger partial charge in [-0.05, 0) is 24.6 Å². The Labute approximate surface area is 118 Å². The summed E-state index contributed by atoms with van der Waals surface area (Å²) in [7, 11) is 1.59. The standard InChI is InChI=1S/C14H20N4O2/c1-3-11-14(20)17-6-7-18(11)12-8-9(15)4-5-10(12)13(19)16-2/h4-5,8,11H,3,6-7,15H2,1-2H3,(H,16,19)(H,17,20). The van der Waals surface area contributed by atoms with E-state index < -0.39 is 0 Å². The van der Waals surface area contributed by atoms with Crippen LogP contribution < -0.4 is 21.3 Å². The molecule has 1 atom stereocenters. The van der Waals surface area contributed by atoms with Gasteiger partial charge in [-0.1, -0.05) is 6.92 Å². The second-order valence-electron chi connectivity index (χ2n) is 4.76. The van der Waals surface area contributed by atoms with Crippen molar-refractivity contribution in [2.45, 2.75) is 19.4 Å². The molecule has 1 aliphatic heterocycles. The monoisotopic (exact) mass is 276 g/mol. The second kappa shape index (κ2) is 5.81. The van der Waals surface area contributed by atoms with Crippen LogP contribution in [0.25, 0.3) is 0 Å². The van der Waals surface area contributed by atoms with E-state index in [1.807, 2.05) is 11.8 Å². The van der Waals surface area contributed by atoms with Gasteiger partial charge in [0.2, 0.25) is 5.91 Å². The number of amides is 2. The third kappa shape index (κ3) is 2.54. The summed E-state index contributed by atoms with van der Waals surface area (Å²) in [5.74, 6) is -0.190. The van der Waals surface area contributed by atoms with Gasteiger partial charge >= 0.3 is 0 Å². The van der Waals surface area contributed by atoms with Crippen LogP contribution in [0.15, 0.2) is 18.2 Å². The van der Waals surface area contributed by atoms with Crippen molar-refractivity contribution < 1.29 is 9.59 Å². The number of hydrogen-bond donors (Lipinski definition) is 3. The smallest absolute Gasteiger partial charge is 0.253 e. The van der Waals surface area contributed by atoms with E-state index in [0.717, 1.165) is 0 Å². The molecule has 20 heavy (non-hydrogen) atoms. The molecule has 2 rings (SSSR count). The average Bonchev–Trinajstić information content (AvgIpc) is 2.46. The van der Waals surface area contributed by atoms with Gasteiger partial charge in [0, 0.05) is 25.8 Å². The molecule has 0 saturated carbocycles. The summed E-state index contributed by atoms with van der Waals surface area (Å²) < 4.78 is 0. The third-order valence-electron chi connectivity index (χ3n) is 3.52. The molecule has 0 aromatic heterocycles. The SMILES string of the molecule is CCC1C(=O)NCCN1c1cc(N)ccc1C(=O)NC. The Morgan fingerprint density at radius 2 is 2.30 bits per heavy atom. The summed E-state index contributed by atoms with van der Waals surface area (Å²) in [6, 6.07) is 4.88. The van der Waals surface area contributed by atoms with E-state index in [0.29, 0.717) is 36.4 Å². The van der Waals surface area contributed by atoms with Crippen LogP contribution in [0.4, 0.5) is 11.4 Å². The molecule has 0 radical (unpaired) electrons. The van der Waals surface area contributed by atoms with Crippen LogP contribution in [0.5, 0.6) is 0 Å². The Morgan fingerprint density at radius 1 is 1.55 bits per heavy atom. The topological polar surface area (TPSA) is 87.5 Å². The normalized spacial score (nSPS) is 18.6. The molecule has 1 heterocycles. The molecule has 1 unspecified atom stereocenters. The molecule has 2 amide bonds. The van der Waals surface area contributed by atoms with Crippen LogP contribution in [-0.2, 0) is 4.79 Å². The molecule has 1 saturated heterocycles. The van der Waals surface area contributed by atoms with E-state index in [4.69, 9.17) is 5.73 Å². The first-order valence-electron chi connectivity index (χ1n) is 6.74. The van der Waals surface area contributed by atoms with Crippen molar-refractivity contribution in [3.05, 3.63) is 23.8 Å². The number of nitrogens with zero attached hydrogens (tertiary/aromatic N) is 1. The highest BCUT2D eigenvalue weighted by molar-refractivity contribution is 6.01. The Morgan fingerprint density at radius 3 is 2.95 bits per heavy atom. The van der Waals surface area contributed by atoms with Gasteiger partial charge < -0.3 is 21.3 Å². The van der Waals surface area contributed by atoms with Crippen LogP contribution >= 0.6 is 0 Å². The molecule has 6 nitrogen and oxygen atoms in total. The number of rotatable bonds is 3. The lowest BCUT2D eigenvalue weighted by Crippen LogP contribution is -2.55. The zero-order chi connectivity index (χ0) is 14.7. The Bertz CT molecular complexity index is 530. The minimum Gasteiger partial charge on any atom is -0.399 e. The fraction of sp³-hybridized carbons (Fsp3) is 0.429. The van der Waals surface area contributed by atoms with Gasteiger partial charge in [-0.2, -0.15) is 0 Å². The largest absolute Gasteiger partial charge is 0.399 e. The first-order valence-corrected chi connectivity index (χ1v) is 6.74. The predicted molar refractivity (Wildman–Crippen MR) is 78.7 cm³/mol. The summed E-state index contributed by atoms with van der Waals surface area (Å²) in [5, 5.41) is 5.46. The zero-order valence-electron chi connectivity index (χ0n) is 11.8. The molecule has 0 spiro atoms. The summed E-state index contributed by atoms with van der Waals surface area (Å²) in [4.78, 5) is 25.9. The Kier molecular flexibility index (Phi) is 4.12. The first kappa shape index (κ1) is 14.2. The highest BCUT2D eigenvalue weighted by atomic mass is 16.2. The molecule has 1 aromatic rings. The molecule has 1 fully saturated rings. The van der Waals surface area contributed by atoms with Crippen molar-refractivity contribution in [2.75, 3.05) is 30.8 Å². The Balaban J connectivity index is 2.46. The van der Waals surface area contributed by atoms with Crippen molar-refractivity contribution in [3.63, 3.8) is 0 Å². The lowest BCUT2D eigenvalue weighted by atomic mass is 10.0. The summed E-state index contributed by atoms with van der Waals surface area (Å²) in [6.07, 6.45) is 0.674. The van der Waals surface area contributed by atoms with Gasteiger partial charge in [-0.3, -0.25) is 9.59 Å². The van der Waals surface area contributed by atoms with Crippen LogP contribution in [-0.4, -0.2) is 38.0 Å². The maximum atomic E-state index is 12.0. The maximum absolute atomic E-state index is 12.0. The average molecular weight is 276 g/mol. The van der Waals surface area contributed by atoms with Crippen LogP contribution in [0.2, 0.25) is 0 Å². The van der Waals surface area contributed by atoms with Gasteiger partial charge in [-0.15, -0.1) is 0 Å². The lowest BCUT2D eigenvalue weighted by Gasteiger charge is -2.37. The number of nitrogens with two attached hydrogens (primary N) is 1.